The highest BCUT2D eigenvalue weighted by Crippen LogP contribution is 2.28. The van der Waals surface area contributed by atoms with Gasteiger partial charge in [0.2, 0.25) is 6.67 Å². The second kappa shape index (κ2) is 10.1. The SMILES string of the molecule is O=C(NC1CCC(n2c(=O)c3cc(F)cnc3n(-c3cccc(I)c3)c2=O)CC1)C1=C[N+]2CN(F)C=CC2=N1. The topological polar surface area (TPSA) is 107 Å². The summed E-state index contributed by atoms with van der Waals surface area (Å²) in [6.45, 7) is -0.0448. The fourth-order valence-corrected chi connectivity index (χ4v) is 5.74. The largest absolute Gasteiger partial charge is 0.348 e. The van der Waals surface area contributed by atoms with Crippen LogP contribution in [0, 0.1) is 9.39 Å². The Hall–Kier alpha value is -3.72. The lowest BCUT2D eigenvalue weighted by Crippen LogP contribution is -2.45. The number of fused-ring (bicyclic) bond motifs is 2. The quantitative estimate of drug-likeness (QED) is 0.267. The lowest BCUT2D eigenvalue weighted by atomic mass is 9.90. The lowest BCUT2D eigenvalue weighted by Gasteiger charge is -2.30. The van der Waals surface area contributed by atoms with Gasteiger partial charge in [0.05, 0.1) is 17.3 Å². The highest BCUT2D eigenvalue weighted by atomic mass is 127. The summed E-state index contributed by atoms with van der Waals surface area (Å²) in [5.74, 6) is -0.547. The van der Waals surface area contributed by atoms with E-state index >= 15 is 0 Å². The molecule has 39 heavy (non-hydrogen) atoms. The van der Waals surface area contributed by atoms with Crippen LogP contribution in [0.4, 0.5) is 8.87 Å². The summed E-state index contributed by atoms with van der Waals surface area (Å²) in [5, 5.41) is 3.47. The van der Waals surface area contributed by atoms with E-state index in [-0.39, 0.29) is 35.3 Å². The molecule has 0 atom stereocenters. The number of aromatic nitrogens is 3. The molecule has 6 rings (SSSR count). The summed E-state index contributed by atoms with van der Waals surface area (Å²) in [5.41, 5.74) is -0.319. The molecule has 1 radical (unpaired) electrons. The molecule has 13 heteroatoms. The summed E-state index contributed by atoms with van der Waals surface area (Å²) in [4.78, 5) is 49.9. The van der Waals surface area contributed by atoms with Gasteiger partial charge in [-0.05, 0) is 72.5 Å². The predicted molar refractivity (Wildman–Crippen MR) is 148 cm³/mol. The minimum Gasteiger partial charge on any atom is -0.348 e. The summed E-state index contributed by atoms with van der Waals surface area (Å²) in [7, 11) is 0. The van der Waals surface area contributed by atoms with Gasteiger partial charge in [-0.1, -0.05) is 15.4 Å². The molecule has 1 aliphatic carbocycles. The molecule has 3 aromatic rings. The average Bonchev–Trinajstić information content (AvgIpc) is 3.34. The summed E-state index contributed by atoms with van der Waals surface area (Å²) in [6, 6.07) is 7.70. The molecule has 199 valence electrons. The van der Waals surface area contributed by atoms with E-state index in [9.17, 15) is 23.3 Å². The van der Waals surface area contributed by atoms with Crippen molar-refractivity contribution < 1.29 is 13.7 Å². The van der Waals surface area contributed by atoms with Crippen LogP contribution in [-0.2, 0) is 4.79 Å². The maximum Gasteiger partial charge on any atom is 0.337 e. The van der Waals surface area contributed by atoms with E-state index in [1.165, 1.54) is 32.5 Å². The van der Waals surface area contributed by atoms with Crippen molar-refractivity contribution in [2.45, 2.75) is 37.8 Å². The first kappa shape index (κ1) is 25.6. The van der Waals surface area contributed by atoms with E-state index in [0.29, 0.717) is 42.3 Å². The Bertz CT molecular complexity index is 1710. The zero-order valence-electron chi connectivity index (χ0n) is 20.4. The molecule has 4 heterocycles. The van der Waals surface area contributed by atoms with Crippen LogP contribution < -0.4 is 21.5 Å². The van der Waals surface area contributed by atoms with Crippen molar-refractivity contribution in [1.29, 1.82) is 0 Å². The van der Waals surface area contributed by atoms with Crippen LogP contribution in [0.5, 0.6) is 0 Å². The molecule has 0 bridgehead atoms. The fourth-order valence-electron chi connectivity index (χ4n) is 5.22. The number of halogens is 3. The number of pyridine rings is 1. The Labute approximate surface area is 234 Å². The number of nitrogens with one attached hydrogen (secondary N) is 1. The van der Waals surface area contributed by atoms with Crippen molar-refractivity contribution in [3.05, 3.63) is 90.9 Å². The minimum atomic E-state index is -0.666. The Morgan fingerprint density at radius 3 is 2.72 bits per heavy atom. The van der Waals surface area contributed by atoms with Crippen LogP contribution in [0.2, 0.25) is 0 Å². The minimum absolute atomic E-state index is 0.0218. The van der Waals surface area contributed by atoms with Gasteiger partial charge >= 0.3 is 5.69 Å². The maximum atomic E-state index is 14.1. The molecule has 1 N–H and O–H groups in total. The molecule has 1 amide bonds. The van der Waals surface area contributed by atoms with Crippen molar-refractivity contribution in [1.82, 2.24) is 29.5 Å². The molecule has 1 fully saturated rings. The van der Waals surface area contributed by atoms with Gasteiger partial charge in [-0.2, -0.15) is 10.1 Å². The molecule has 0 unspecified atom stereocenters. The van der Waals surface area contributed by atoms with Gasteiger partial charge in [0, 0.05) is 27.9 Å². The van der Waals surface area contributed by atoms with Gasteiger partial charge in [-0.3, -0.25) is 14.2 Å². The van der Waals surface area contributed by atoms with Crippen LogP contribution in [0.1, 0.15) is 31.7 Å². The van der Waals surface area contributed by atoms with Crippen LogP contribution in [0.15, 0.2) is 75.3 Å². The highest BCUT2D eigenvalue weighted by Gasteiger charge is 2.36. The van der Waals surface area contributed by atoms with Gasteiger partial charge in [-0.25, -0.2) is 18.7 Å². The number of nitrogens with zero attached hydrogens (tertiary/aromatic N) is 6. The number of carbonyl (C=O) groups is 1. The standard InChI is InChI=1S/C26H22F2IN7O3/c27-15-10-20-23(30-12-15)35(19-3-1-2-16(29)11-19)26(39)36(25(20)38)18-6-4-17(5-7-18)31-24(37)21-13-33-14-34(28)9-8-22(33)32-21/h1-3,8-13,17-18H,4-7,14H2,(H,31,37)/q+1. The molecule has 2 aromatic heterocycles. The number of hydrogen-bond donors (Lipinski definition) is 1. The Morgan fingerprint density at radius 1 is 1.15 bits per heavy atom. The summed E-state index contributed by atoms with van der Waals surface area (Å²) < 4.78 is 31.0. The van der Waals surface area contributed by atoms with Crippen molar-refractivity contribution in [3.63, 3.8) is 0 Å². The van der Waals surface area contributed by atoms with Crippen molar-refractivity contribution in [2.24, 2.45) is 4.99 Å². The third kappa shape index (κ3) is 4.80. The van der Waals surface area contributed by atoms with Gasteiger partial charge in [0.25, 0.3) is 17.3 Å². The smallest absolute Gasteiger partial charge is 0.337 e. The number of aliphatic imine (C=N–C) groups is 1. The fraction of sp³-hybridized carbons (Fsp3) is 0.269. The third-order valence-corrected chi connectivity index (χ3v) is 7.74. The maximum absolute atomic E-state index is 14.1. The number of amidine groups is 1. The normalized spacial score (nSPS) is 21.1. The van der Waals surface area contributed by atoms with Gasteiger partial charge < -0.3 is 5.32 Å². The Morgan fingerprint density at radius 2 is 1.95 bits per heavy atom. The lowest BCUT2D eigenvalue weighted by molar-refractivity contribution is -0.118. The number of amides is 1. The van der Waals surface area contributed by atoms with Crippen molar-refractivity contribution in [3.8, 4) is 5.69 Å². The van der Waals surface area contributed by atoms with E-state index in [1.54, 1.807) is 18.2 Å². The first-order valence-electron chi connectivity index (χ1n) is 12.4. The number of hydrogen-bond acceptors (Lipinski definition) is 7. The Balaban J connectivity index is 1.25. The van der Waals surface area contributed by atoms with Crippen LogP contribution in [0.25, 0.3) is 16.7 Å². The number of rotatable bonds is 4. The molecule has 1 aromatic carbocycles. The molecule has 0 saturated heterocycles. The first-order valence-corrected chi connectivity index (χ1v) is 13.4. The second-order valence-corrected chi connectivity index (χ2v) is 10.8. The van der Waals surface area contributed by atoms with Gasteiger partial charge in [-0.15, -0.1) is 0 Å². The summed E-state index contributed by atoms with van der Waals surface area (Å²) in [6.07, 6.45) is 7.19. The van der Waals surface area contributed by atoms with Gasteiger partial charge in [0.1, 0.15) is 5.82 Å². The summed E-state index contributed by atoms with van der Waals surface area (Å²) >= 11 is 2.13. The van der Waals surface area contributed by atoms with Crippen LogP contribution >= 0.6 is 22.6 Å². The molecule has 1 saturated carbocycles. The zero-order chi connectivity index (χ0) is 27.3. The predicted octanol–water partition coefficient (Wildman–Crippen LogP) is 2.96. The first-order chi connectivity index (χ1) is 18.8. The molecular formula is C26H22F2IN7O3+. The number of carbonyl (C=O) groups excluding carboxylic acids is 1. The van der Waals surface area contributed by atoms with E-state index in [0.717, 1.165) is 15.8 Å². The zero-order valence-corrected chi connectivity index (χ0v) is 22.6. The number of benzene rings is 1. The van der Waals surface area contributed by atoms with Crippen molar-refractivity contribution in [2.75, 3.05) is 6.67 Å². The highest BCUT2D eigenvalue weighted by molar-refractivity contribution is 14.1. The van der Waals surface area contributed by atoms with Gasteiger partial charge in [0.15, 0.2) is 17.5 Å². The average molecular weight is 645 g/mol. The second-order valence-electron chi connectivity index (χ2n) is 9.59. The van der Waals surface area contributed by atoms with E-state index in [4.69, 9.17) is 0 Å². The van der Waals surface area contributed by atoms with E-state index in [2.05, 4.69) is 37.9 Å². The monoisotopic (exact) mass is 645 g/mol. The third-order valence-electron chi connectivity index (χ3n) is 7.07. The molecule has 3 aliphatic rings. The van der Waals surface area contributed by atoms with E-state index in [1.807, 2.05) is 6.07 Å². The molecule has 0 spiro atoms. The Kier molecular flexibility index (Phi) is 6.62. The molecule has 10 nitrogen and oxygen atoms in total. The van der Waals surface area contributed by atoms with Crippen LogP contribution in [-0.4, -0.2) is 43.7 Å². The van der Waals surface area contributed by atoms with E-state index < -0.39 is 23.1 Å². The molecule has 2 aliphatic heterocycles. The van der Waals surface area contributed by atoms with Crippen LogP contribution in [0.3, 0.4) is 0 Å². The van der Waals surface area contributed by atoms with Crippen molar-refractivity contribution >= 4 is 45.4 Å². The molecular weight excluding hydrogens is 623 g/mol.